The van der Waals surface area contributed by atoms with Crippen molar-refractivity contribution in [2.75, 3.05) is 5.73 Å². The molecule has 0 saturated carbocycles. The molecule has 13 heavy (non-hydrogen) atoms. The van der Waals surface area contributed by atoms with Gasteiger partial charge in [0.2, 0.25) is 6.20 Å². The van der Waals surface area contributed by atoms with E-state index in [1.165, 1.54) is 6.08 Å². The normalized spacial score (nSPS) is 10.5. The summed E-state index contributed by atoms with van der Waals surface area (Å²) >= 11 is 0. The highest BCUT2D eigenvalue weighted by atomic mass is 16.6. The van der Waals surface area contributed by atoms with Crippen LogP contribution >= 0.6 is 0 Å². The Balaban J connectivity index is 3.00. The molecule has 0 bridgehead atoms. The van der Waals surface area contributed by atoms with Gasteiger partial charge < -0.3 is 5.73 Å². The van der Waals surface area contributed by atoms with Crippen molar-refractivity contribution in [3.8, 4) is 0 Å². The van der Waals surface area contributed by atoms with Crippen LogP contribution in [0.3, 0.4) is 0 Å². The monoisotopic (exact) mass is 178 g/mol. The van der Waals surface area contributed by atoms with Crippen LogP contribution < -0.4 is 5.73 Å². The van der Waals surface area contributed by atoms with Gasteiger partial charge in [0.15, 0.2) is 0 Å². The number of benzene rings is 1. The second-order valence-electron chi connectivity index (χ2n) is 2.73. The zero-order valence-corrected chi connectivity index (χ0v) is 7.23. The topological polar surface area (TPSA) is 69.2 Å². The van der Waals surface area contributed by atoms with Crippen molar-refractivity contribution in [1.82, 2.24) is 0 Å². The Morgan fingerprint density at radius 1 is 1.54 bits per heavy atom. The van der Waals surface area contributed by atoms with Crippen LogP contribution in [0.2, 0.25) is 0 Å². The van der Waals surface area contributed by atoms with E-state index in [1.807, 2.05) is 13.0 Å². The number of aryl methyl sites for hydroxylation is 1. The van der Waals surface area contributed by atoms with Gasteiger partial charge in [-0.1, -0.05) is 11.6 Å². The lowest BCUT2D eigenvalue weighted by atomic mass is 10.1. The van der Waals surface area contributed by atoms with Crippen LogP contribution in [0.4, 0.5) is 5.69 Å². The minimum atomic E-state index is -0.512. The molecule has 0 amide bonds. The van der Waals surface area contributed by atoms with Gasteiger partial charge in [0.1, 0.15) is 0 Å². The first kappa shape index (κ1) is 9.25. The molecule has 0 unspecified atom stereocenters. The van der Waals surface area contributed by atoms with Gasteiger partial charge in [0, 0.05) is 17.3 Å². The molecule has 4 heteroatoms. The Hall–Kier alpha value is -1.84. The summed E-state index contributed by atoms with van der Waals surface area (Å²) in [5.41, 5.74) is 7.85. The van der Waals surface area contributed by atoms with E-state index < -0.39 is 4.92 Å². The molecule has 0 atom stereocenters. The van der Waals surface area contributed by atoms with Gasteiger partial charge in [0.05, 0.1) is 4.92 Å². The van der Waals surface area contributed by atoms with Crippen molar-refractivity contribution in [2.24, 2.45) is 0 Å². The molecule has 68 valence electrons. The molecule has 0 fully saturated rings. The molecule has 0 aliphatic heterocycles. The maximum atomic E-state index is 10.0. The molecule has 0 spiro atoms. The Bertz CT molecular complexity index is 359. The van der Waals surface area contributed by atoms with Gasteiger partial charge in [-0.15, -0.1) is 0 Å². The third kappa shape index (κ3) is 2.59. The Labute approximate surface area is 75.8 Å². The van der Waals surface area contributed by atoms with Crippen LogP contribution in [-0.2, 0) is 0 Å². The van der Waals surface area contributed by atoms with E-state index in [0.717, 1.165) is 11.8 Å². The van der Waals surface area contributed by atoms with Crippen LogP contribution in [0, 0.1) is 17.0 Å². The quantitative estimate of drug-likeness (QED) is 0.426. The lowest BCUT2D eigenvalue weighted by Gasteiger charge is -1.99. The third-order valence-corrected chi connectivity index (χ3v) is 1.62. The Morgan fingerprint density at radius 3 is 2.85 bits per heavy atom. The summed E-state index contributed by atoms with van der Waals surface area (Å²) in [6.45, 7) is 1.91. The highest BCUT2D eigenvalue weighted by molar-refractivity contribution is 5.64. The highest BCUT2D eigenvalue weighted by Crippen LogP contribution is 2.14. The number of hydrogen-bond donors (Lipinski definition) is 1. The number of nitrogens with zero attached hydrogens (tertiary/aromatic N) is 1. The summed E-state index contributed by atoms with van der Waals surface area (Å²) in [6, 6.07) is 5.39. The zero-order valence-electron chi connectivity index (χ0n) is 7.23. The summed E-state index contributed by atoms with van der Waals surface area (Å²) < 4.78 is 0. The fourth-order valence-electron chi connectivity index (χ4n) is 0.980. The van der Waals surface area contributed by atoms with Crippen LogP contribution in [0.15, 0.2) is 24.4 Å². The van der Waals surface area contributed by atoms with E-state index in [2.05, 4.69) is 0 Å². The largest absolute Gasteiger partial charge is 0.398 e. The van der Waals surface area contributed by atoms with E-state index in [9.17, 15) is 10.1 Å². The van der Waals surface area contributed by atoms with Gasteiger partial charge in [-0.3, -0.25) is 10.1 Å². The zero-order chi connectivity index (χ0) is 9.84. The number of rotatable bonds is 2. The smallest absolute Gasteiger partial charge is 0.235 e. The van der Waals surface area contributed by atoms with Crippen molar-refractivity contribution in [2.45, 2.75) is 6.92 Å². The summed E-state index contributed by atoms with van der Waals surface area (Å²) in [5.74, 6) is 0. The van der Waals surface area contributed by atoms with E-state index in [1.54, 1.807) is 12.1 Å². The summed E-state index contributed by atoms with van der Waals surface area (Å²) in [7, 11) is 0. The van der Waals surface area contributed by atoms with Crippen LogP contribution in [0.25, 0.3) is 6.08 Å². The van der Waals surface area contributed by atoms with Crippen LogP contribution in [0.1, 0.15) is 11.1 Å². The second-order valence-corrected chi connectivity index (χ2v) is 2.73. The lowest BCUT2D eigenvalue weighted by molar-refractivity contribution is -0.400. The number of nitrogens with two attached hydrogens (primary N) is 1. The first-order valence-electron chi connectivity index (χ1n) is 3.77. The predicted octanol–water partition coefficient (Wildman–Crippen LogP) is 1.82. The maximum absolute atomic E-state index is 10.0. The number of anilines is 1. The second kappa shape index (κ2) is 3.71. The minimum Gasteiger partial charge on any atom is -0.398 e. The van der Waals surface area contributed by atoms with Crippen molar-refractivity contribution >= 4 is 11.8 Å². The van der Waals surface area contributed by atoms with Gasteiger partial charge in [0.25, 0.3) is 0 Å². The number of nitro groups is 1. The summed E-state index contributed by atoms with van der Waals surface area (Å²) in [4.78, 5) is 9.53. The first-order chi connectivity index (χ1) is 6.09. The summed E-state index contributed by atoms with van der Waals surface area (Å²) in [6.07, 6.45) is 2.27. The van der Waals surface area contributed by atoms with Gasteiger partial charge in [-0.2, -0.15) is 0 Å². The van der Waals surface area contributed by atoms with E-state index >= 15 is 0 Å². The van der Waals surface area contributed by atoms with Crippen LogP contribution in [0.5, 0.6) is 0 Å². The SMILES string of the molecule is Cc1ccc(N)c(C=C[N+](=O)[O-])c1. The molecule has 0 aromatic heterocycles. The molecule has 0 saturated heterocycles. The molecular weight excluding hydrogens is 168 g/mol. The predicted molar refractivity (Wildman–Crippen MR) is 51.6 cm³/mol. The van der Waals surface area contributed by atoms with Crippen LogP contribution in [-0.4, -0.2) is 4.92 Å². The minimum absolute atomic E-state index is 0.512. The molecule has 1 rings (SSSR count). The number of nitrogen functional groups attached to an aromatic ring is 1. The third-order valence-electron chi connectivity index (χ3n) is 1.62. The standard InChI is InChI=1S/C9H10N2O2/c1-7-2-3-9(10)8(6-7)4-5-11(12)13/h2-6H,10H2,1H3. The average molecular weight is 178 g/mol. The molecule has 0 aliphatic carbocycles. The van der Waals surface area contributed by atoms with Crippen molar-refractivity contribution < 1.29 is 4.92 Å². The fraction of sp³-hybridized carbons (Fsp3) is 0.111. The van der Waals surface area contributed by atoms with E-state index in [-0.39, 0.29) is 0 Å². The van der Waals surface area contributed by atoms with Gasteiger partial charge >= 0.3 is 0 Å². The van der Waals surface area contributed by atoms with Gasteiger partial charge in [-0.25, -0.2) is 0 Å². The molecule has 2 N–H and O–H groups in total. The lowest BCUT2D eigenvalue weighted by Crippen LogP contribution is -1.90. The van der Waals surface area contributed by atoms with E-state index in [0.29, 0.717) is 11.3 Å². The first-order valence-corrected chi connectivity index (χ1v) is 3.77. The molecule has 0 heterocycles. The van der Waals surface area contributed by atoms with Crippen molar-refractivity contribution in [1.29, 1.82) is 0 Å². The molecule has 0 radical (unpaired) electrons. The molecule has 1 aromatic carbocycles. The van der Waals surface area contributed by atoms with Gasteiger partial charge in [-0.05, 0) is 19.1 Å². The number of hydrogen-bond acceptors (Lipinski definition) is 3. The molecular formula is C9H10N2O2. The summed E-state index contributed by atoms with van der Waals surface area (Å²) in [5, 5.41) is 10.0. The molecule has 1 aromatic rings. The average Bonchev–Trinajstić information content (AvgIpc) is 2.06. The maximum Gasteiger partial charge on any atom is 0.235 e. The fourth-order valence-corrected chi connectivity index (χ4v) is 0.980. The molecule has 0 aliphatic rings. The highest BCUT2D eigenvalue weighted by Gasteiger charge is 1.96. The van der Waals surface area contributed by atoms with E-state index in [4.69, 9.17) is 5.73 Å². The van der Waals surface area contributed by atoms with Crippen molar-refractivity contribution in [3.63, 3.8) is 0 Å². The Morgan fingerprint density at radius 2 is 2.23 bits per heavy atom. The Kier molecular flexibility index (Phi) is 2.64. The van der Waals surface area contributed by atoms with Crippen molar-refractivity contribution in [3.05, 3.63) is 45.6 Å². The molecule has 4 nitrogen and oxygen atoms in total.